The molecule has 0 spiro atoms. The molecule has 1 aliphatic rings. The molecule has 33 heavy (non-hydrogen) atoms. The third-order valence-electron chi connectivity index (χ3n) is 6.71. The zero-order valence-electron chi connectivity index (χ0n) is 19.3. The maximum Gasteiger partial charge on any atom is 0.339 e. The quantitative estimate of drug-likeness (QED) is 0.539. The van der Waals surface area contributed by atoms with E-state index in [-0.39, 0.29) is 18.6 Å². The maximum atomic E-state index is 13.0. The number of hydrogen-bond acceptors (Lipinski definition) is 5. The van der Waals surface area contributed by atoms with E-state index < -0.39 is 5.97 Å². The average Bonchev–Trinajstić information content (AvgIpc) is 2.84. The van der Waals surface area contributed by atoms with Crippen LogP contribution in [0.1, 0.15) is 43.5 Å². The lowest BCUT2D eigenvalue weighted by Gasteiger charge is -2.34. The van der Waals surface area contributed by atoms with E-state index in [0.717, 1.165) is 24.2 Å². The number of benzene rings is 2. The van der Waals surface area contributed by atoms with Crippen LogP contribution in [0.15, 0.2) is 54.6 Å². The lowest BCUT2D eigenvalue weighted by molar-refractivity contribution is -0.125. The number of ether oxygens (including phenoxy) is 2. The Morgan fingerprint density at radius 2 is 1.82 bits per heavy atom. The third-order valence-corrected chi connectivity index (χ3v) is 6.71. The van der Waals surface area contributed by atoms with Gasteiger partial charge in [-0.1, -0.05) is 44.9 Å². The first-order chi connectivity index (χ1) is 16.0. The molecule has 4 rings (SSSR count). The van der Waals surface area contributed by atoms with Crippen molar-refractivity contribution in [3.8, 4) is 17.0 Å². The molecule has 6 nitrogen and oxygen atoms in total. The van der Waals surface area contributed by atoms with Crippen LogP contribution in [0.3, 0.4) is 0 Å². The van der Waals surface area contributed by atoms with E-state index in [9.17, 15) is 9.59 Å². The van der Waals surface area contributed by atoms with Crippen molar-refractivity contribution in [2.45, 2.75) is 39.2 Å². The van der Waals surface area contributed by atoms with Crippen molar-refractivity contribution in [1.82, 2.24) is 10.3 Å². The summed E-state index contributed by atoms with van der Waals surface area (Å²) in [5.41, 5.74) is 2.58. The monoisotopic (exact) mass is 446 g/mol. The zero-order valence-corrected chi connectivity index (χ0v) is 19.3. The standard InChI is InChI=1S/C27H30N2O4/c1-17-7-6-10-23(18(17)2)29-26(30)16-33-27(31)22-15-25(19-11-13-20(32-3)14-12-19)28-24-9-5-4-8-21(22)24/h4-5,8-9,11-15,17-18,23H,6-7,10,16H2,1-3H3,(H,29,30). The lowest BCUT2D eigenvalue weighted by Crippen LogP contribution is -2.45. The largest absolute Gasteiger partial charge is 0.497 e. The summed E-state index contributed by atoms with van der Waals surface area (Å²) >= 11 is 0. The van der Waals surface area contributed by atoms with Crippen molar-refractivity contribution in [1.29, 1.82) is 0 Å². The Balaban J connectivity index is 1.51. The number of nitrogens with one attached hydrogen (secondary N) is 1. The molecule has 2 aromatic carbocycles. The fraction of sp³-hybridized carbons (Fsp3) is 0.370. The second-order valence-electron chi connectivity index (χ2n) is 8.82. The van der Waals surface area contributed by atoms with Crippen LogP contribution in [0.2, 0.25) is 0 Å². The van der Waals surface area contributed by atoms with Crippen molar-refractivity contribution in [2.24, 2.45) is 11.8 Å². The molecule has 1 heterocycles. The summed E-state index contributed by atoms with van der Waals surface area (Å²) < 4.78 is 10.7. The summed E-state index contributed by atoms with van der Waals surface area (Å²) in [6.45, 7) is 4.09. The molecule has 1 N–H and O–H groups in total. The second-order valence-corrected chi connectivity index (χ2v) is 8.82. The number of carbonyl (C=O) groups is 2. The van der Waals surface area contributed by atoms with E-state index in [1.165, 1.54) is 6.42 Å². The molecule has 0 radical (unpaired) electrons. The first-order valence-corrected chi connectivity index (χ1v) is 11.5. The summed E-state index contributed by atoms with van der Waals surface area (Å²) in [6, 6.07) is 16.8. The summed E-state index contributed by atoms with van der Waals surface area (Å²) in [5, 5.41) is 3.74. The number of hydrogen-bond donors (Lipinski definition) is 1. The van der Waals surface area contributed by atoms with Gasteiger partial charge < -0.3 is 14.8 Å². The van der Waals surface area contributed by atoms with E-state index in [1.54, 1.807) is 13.2 Å². The highest BCUT2D eigenvalue weighted by molar-refractivity contribution is 6.05. The second kappa shape index (κ2) is 10.0. The Bertz CT molecular complexity index is 1140. The highest BCUT2D eigenvalue weighted by Crippen LogP contribution is 2.30. The summed E-state index contributed by atoms with van der Waals surface area (Å²) in [7, 11) is 1.61. The third kappa shape index (κ3) is 5.16. The van der Waals surface area contributed by atoms with Gasteiger partial charge in [-0.2, -0.15) is 0 Å². The van der Waals surface area contributed by atoms with Gasteiger partial charge in [-0.3, -0.25) is 4.79 Å². The number of amides is 1. The highest BCUT2D eigenvalue weighted by atomic mass is 16.5. The number of carbonyl (C=O) groups excluding carboxylic acids is 2. The van der Waals surface area contributed by atoms with Crippen molar-refractivity contribution in [2.75, 3.05) is 13.7 Å². The number of pyridine rings is 1. The number of esters is 1. The number of rotatable bonds is 6. The van der Waals surface area contributed by atoms with Gasteiger partial charge >= 0.3 is 5.97 Å². The van der Waals surface area contributed by atoms with Gasteiger partial charge in [0.1, 0.15) is 5.75 Å². The summed E-state index contributed by atoms with van der Waals surface area (Å²) in [6.07, 6.45) is 3.26. The Hall–Kier alpha value is -3.41. The first-order valence-electron chi connectivity index (χ1n) is 11.5. The fourth-order valence-corrected chi connectivity index (χ4v) is 4.50. The Morgan fingerprint density at radius 1 is 1.06 bits per heavy atom. The maximum absolute atomic E-state index is 13.0. The number of methoxy groups -OCH3 is 1. The van der Waals surface area contributed by atoms with E-state index in [0.29, 0.717) is 34.0 Å². The van der Waals surface area contributed by atoms with Gasteiger partial charge in [0.05, 0.1) is 23.9 Å². The number of fused-ring (bicyclic) bond motifs is 1. The molecule has 0 saturated heterocycles. The van der Waals surface area contributed by atoms with Crippen LogP contribution < -0.4 is 10.1 Å². The fourth-order valence-electron chi connectivity index (χ4n) is 4.50. The lowest BCUT2D eigenvalue weighted by atomic mass is 9.78. The Morgan fingerprint density at radius 3 is 2.58 bits per heavy atom. The SMILES string of the molecule is COc1ccc(-c2cc(C(=O)OCC(=O)NC3CCCC(C)C3C)c3ccccc3n2)cc1. The minimum atomic E-state index is -0.538. The molecule has 0 aliphatic heterocycles. The predicted octanol–water partition coefficient (Wildman–Crippen LogP) is 5.01. The molecule has 1 saturated carbocycles. The Labute approximate surface area is 194 Å². The van der Waals surface area contributed by atoms with Crippen LogP contribution in [-0.2, 0) is 9.53 Å². The molecule has 1 fully saturated rings. The molecule has 3 aromatic rings. The highest BCUT2D eigenvalue weighted by Gasteiger charge is 2.28. The number of nitrogens with zero attached hydrogens (tertiary/aromatic N) is 1. The van der Waals surface area contributed by atoms with Gasteiger partial charge in [0.2, 0.25) is 0 Å². The first kappa shape index (κ1) is 22.8. The molecular formula is C27H30N2O4. The van der Waals surface area contributed by atoms with E-state index in [1.807, 2.05) is 48.5 Å². The van der Waals surface area contributed by atoms with E-state index in [4.69, 9.17) is 14.5 Å². The van der Waals surface area contributed by atoms with Crippen LogP contribution in [-0.4, -0.2) is 36.6 Å². The molecule has 3 atom stereocenters. The smallest absolute Gasteiger partial charge is 0.339 e. The summed E-state index contributed by atoms with van der Waals surface area (Å²) in [4.78, 5) is 30.2. The zero-order chi connectivity index (χ0) is 23.4. The molecule has 172 valence electrons. The van der Waals surface area contributed by atoms with Crippen LogP contribution >= 0.6 is 0 Å². The van der Waals surface area contributed by atoms with E-state index >= 15 is 0 Å². The number of aromatic nitrogens is 1. The van der Waals surface area contributed by atoms with Crippen LogP contribution in [0.5, 0.6) is 5.75 Å². The van der Waals surface area contributed by atoms with E-state index in [2.05, 4.69) is 19.2 Å². The molecule has 1 aromatic heterocycles. The minimum absolute atomic E-state index is 0.128. The Kier molecular flexibility index (Phi) is 6.92. The molecular weight excluding hydrogens is 416 g/mol. The molecule has 0 bridgehead atoms. The molecule has 1 amide bonds. The van der Waals surface area contributed by atoms with Gasteiger partial charge in [-0.05, 0) is 54.7 Å². The molecule has 1 aliphatic carbocycles. The molecule has 6 heteroatoms. The van der Waals surface area contributed by atoms with Gasteiger partial charge in [0, 0.05) is 17.0 Å². The van der Waals surface area contributed by atoms with Crippen molar-refractivity contribution in [3.63, 3.8) is 0 Å². The average molecular weight is 447 g/mol. The van der Waals surface area contributed by atoms with Crippen LogP contribution in [0, 0.1) is 11.8 Å². The van der Waals surface area contributed by atoms with Crippen molar-refractivity contribution < 1.29 is 19.1 Å². The van der Waals surface area contributed by atoms with Crippen molar-refractivity contribution in [3.05, 3.63) is 60.2 Å². The van der Waals surface area contributed by atoms with Gasteiger partial charge in [0.25, 0.3) is 5.91 Å². The van der Waals surface area contributed by atoms with Crippen molar-refractivity contribution >= 4 is 22.8 Å². The van der Waals surface area contributed by atoms with Gasteiger partial charge in [-0.25, -0.2) is 9.78 Å². The molecule has 3 unspecified atom stereocenters. The van der Waals surface area contributed by atoms with Gasteiger partial charge in [0.15, 0.2) is 6.61 Å². The number of para-hydroxylation sites is 1. The van der Waals surface area contributed by atoms with Crippen LogP contribution in [0.4, 0.5) is 0 Å². The van der Waals surface area contributed by atoms with Crippen LogP contribution in [0.25, 0.3) is 22.2 Å². The normalized spacial score (nSPS) is 20.3. The summed E-state index contributed by atoms with van der Waals surface area (Å²) in [5.74, 6) is 0.930. The topological polar surface area (TPSA) is 77.5 Å². The van der Waals surface area contributed by atoms with Gasteiger partial charge in [-0.15, -0.1) is 0 Å². The minimum Gasteiger partial charge on any atom is -0.497 e. The predicted molar refractivity (Wildman–Crippen MR) is 128 cm³/mol.